The maximum absolute atomic E-state index is 12.6. The zero-order valence-electron chi connectivity index (χ0n) is 15.6. The van der Waals surface area contributed by atoms with Crippen LogP contribution in [0.5, 0.6) is 0 Å². The van der Waals surface area contributed by atoms with Gasteiger partial charge in [0.25, 0.3) is 15.9 Å². The fraction of sp³-hybridized carbons (Fsp3) is 0.722. The van der Waals surface area contributed by atoms with Crippen molar-refractivity contribution >= 4 is 27.3 Å². The van der Waals surface area contributed by atoms with Crippen molar-refractivity contribution in [1.82, 2.24) is 9.62 Å². The van der Waals surface area contributed by atoms with Crippen molar-refractivity contribution in [2.75, 3.05) is 32.7 Å². The first kappa shape index (κ1) is 19.8. The molecule has 146 valence electrons. The Morgan fingerprint density at radius 3 is 2.69 bits per heavy atom. The first-order chi connectivity index (χ1) is 12.4. The van der Waals surface area contributed by atoms with E-state index in [0.29, 0.717) is 48.8 Å². The third-order valence-corrected chi connectivity index (χ3v) is 9.25. The molecule has 0 spiro atoms. The van der Waals surface area contributed by atoms with Gasteiger partial charge in [-0.15, -0.1) is 11.3 Å². The van der Waals surface area contributed by atoms with E-state index >= 15 is 0 Å². The molecule has 2 aliphatic rings. The molecule has 6 nitrogen and oxygen atoms in total. The molecular formula is C18H30N3O3S2+. The minimum Gasteiger partial charge on any atom is -0.348 e. The number of nitrogens with one attached hydrogen (secondary N) is 2. The largest absolute Gasteiger partial charge is 0.348 e. The van der Waals surface area contributed by atoms with Gasteiger partial charge >= 0.3 is 0 Å². The zero-order chi connectivity index (χ0) is 18.7. The van der Waals surface area contributed by atoms with Gasteiger partial charge in [0, 0.05) is 6.04 Å². The van der Waals surface area contributed by atoms with Crippen molar-refractivity contribution in [3.8, 4) is 0 Å². The molecule has 0 radical (unpaired) electrons. The van der Waals surface area contributed by atoms with Crippen LogP contribution in [0.15, 0.2) is 21.7 Å². The van der Waals surface area contributed by atoms with Crippen LogP contribution < -0.4 is 10.2 Å². The lowest BCUT2D eigenvalue weighted by molar-refractivity contribution is -0.895. The van der Waals surface area contributed by atoms with E-state index in [1.54, 1.807) is 21.8 Å². The van der Waals surface area contributed by atoms with Crippen LogP contribution in [0.1, 0.15) is 33.1 Å². The van der Waals surface area contributed by atoms with Crippen LogP contribution in [0.2, 0.25) is 0 Å². The Kier molecular flexibility index (Phi) is 6.37. The third kappa shape index (κ3) is 4.47. The van der Waals surface area contributed by atoms with Crippen LogP contribution in [0.4, 0.5) is 0 Å². The van der Waals surface area contributed by atoms with E-state index in [2.05, 4.69) is 19.2 Å². The highest BCUT2D eigenvalue weighted by Gasteiger charge is 2.33. The van der Waals surface area contributed by atoms with Crippen LogP contribution in [0.3, 0.4) is 0 Å². The Morgan fingerprint density at radius 1 is 1.31 bits per heavy atom. The summed E-state index contributed by atoms with van der Waals surface area (Å²) in [6.45, 7) is 7.23. The van der Waals surface area contributed by atoms with Gasteiger partial charge in [-0.25, -0.2) is 8.42 Å². The highest BCUT2D eigenvalue weighted by Crippen LogP contribution is 2.29. The monoisotopic (exact) mass is 400 g/mol. The number of quaternary nitrogens is 1. The first-order valence-corrected chi connectivity index (χ1v) is 11.9. The molecule has 2 fully saturated rings. The molecule has 1 saturated carbocycles. The van der Waals surface area contributed by atoms with Crippen molar-refractivity contribution in [2.24, 2.45) is 11.8 Å². The fourth-order valence-corrected chi connectivity index (χ4v) is 6.61. The molecule has 3 atom stereocenters. The first-order valence-electron chi connectivity index (χ1n) is 9.54. The standard InChI is InChI=1S/C18H29N3O3S2/c1-14-5-3-6-16(15(14)2)19-17(22)13-20-8-10-21(11-9-20)26(23,24)18-7-4-12-25-18/h4,7,12,14-16H,3,5-6,8-11,13H2,1-2H3,(H,19,22)/p+1/t14-,15+,16-/m0/s1. The SMILES string of the molecule is C[C@H]1[C@@H](NC(=O)C[NH+]2CCN(S(=O)(=O)c3cccs3)CC2)CCC[C@@H]1C. The minimum atomic E-state index is -3.37. The van der Waals surface area contributed by atoms with E-state index in [0.717, 1.165) is 11.3 Å². The molecule has 8 heteroatoms. The van der Waals surface area contributed by atoms with Gasteiger partial charge < -0.3 is 10.2 Å². The van der Waals surface area contributed by atoms with E-state index in [1.165, 1.54) is 24.2 Å². The molecule has 2 N–H and O–H groups in total. The number of carbonyl (C=O) groups is 1. The molecule has 1 amide bonds. The average Bonchev–Trinajstić information content (AvgIpc) is 3.15. The lowest BCUT2D eigenvalue weighted by Gasteiger charge is -2.35. The Labute approximate surface area is 160 Å². The molecule has 2 heterocycles. The topological polar surface area (TPSA) is 70.9 Å². The van der Waals surface area contributed by atoms with Crippen LogP contribution in [-0.2, 0) is 14.8 Å². The molecule has 0 aromatic carbocycles. The van der Waals surface area contributed by atoms with E-state index < -0.39 is 10.0 Å². The van der Waals surface area contributed by atoms with E-state index in [-0.39, 0.29) is 11.9 Å². The summed E-state index contributed by atoms with van der Waals surface area (Å²) < 4.78 is 27.1. The Bertz CT molecular complexity index is 697. The predicted molar refractivity (Wildman–Crippen MR) is 103 cm³/mol. The molecule has 26 heavy (non-hydrogen) atoms. The number of hydrogen-bond donors (Lipinski definition) is 2. The number of nitrogens with zero attached hydrogens (tertiary/aromatic N) is 1. The summed E-state index contributed by atoms with van der Waals surface area (Å²) in [5.41, 5.74) is 0. The van der Waals surface area contributed by atoms with E-state index in [1.807, 2.05) is 0 Å². The predicted octanol–water partition coefficient (Wildman–Crippen LogP) is 0.578. The quantitative estimate of drug-likeness (QED) is 0.760. The second kappa shape index (κ2) is 8.37. The minimum absolute atomic E-state index is 0.0977. The van der Waals surface area contributed by atoms with Crippen LogP contribution in [0.25, 0.3) is 0 Å². The summed E-state index contributed by atoms with van der Waals surface area (Å²) in [6.07, 6.45) is 3.50. The molecule has 1 aromatic heterocycles. The lowest BCUT2D eigenvalue weighted by Crippen LogP contribution is -3.15. The molecule has 0 unspecified atom stereocenters. The molecule has 1 aliphatic carbocycles. The average molecular weight is 401 g/mol. The van der Waals surface area contributed by atoms with Gasteiger partial charge in [-0.1, -0.05) is 32.8 Å². The van der Waals surface area contributed by atoms with Crippen molar-refractivity contribution in [3.05, 3.63) is 17.5 Å². The van der Waals surface area contributed by atoms with Crippen molar-refractivity contribution in [3.63, 3.8) is 0 Å². The van der Waals surface area contributed by atoms with Gasteiger partial charge in [0.05, 0.1) is 26.2 Å². The van der Waals surface area contributed by atoms with Crippen molar-refractivity contribution in [1.29, 1.82) is 0 Å². The second-order valence-corrected chi connectivity index (χ2v) is 10.8. The number of hydrogen-bond acceptors (Lipinski definition) is 4. The van der Waals surface area contributed by atoms with Gasteiger partial charge in [-0.3, -0.25) is 4.79 Å². The Hall–Kier alpha value is -0.960. The lowest BCUT2D eigenvalue weighted by atomic mass is 9.78. The maximum atomic E-state index is 12.6. The summed E-state index contributed by atoms with van der Waals surface area (Å²) in [4.78, 5) is 13.6. The summed E-state index contributed by atoms with van der Waals surface area (Å²) in [5, 5.41) is 5.00. The summed E-state index contributed by atoms with van der Waals surface area (Å²) in [6, 6.07) is 3.70. The van der Waals surface area contributed by atoms with Crippen LogP contribution in [0, 0.1) is 11.8 Å². The fourth-order valence-electron chi connectivity index (χ4n) is 4.03. The van der Waals surface area contributed by atoms with Gasteiger partial charge in [-0.05, 0) is 29.7 Å². The highest BCUT2D eigenvalue weighted by molar-refractivity contribution is 7.91. The maximum Gasteiger partial charge on any atom is 0.275 e. The van der Waals surface area contributed by atoms with Crippen LogP contribution >= 0.6 is 11.3 Å². The number of carbonyl (C=O) groups excluding carboxylic acids is 1. The molecule has 1 aliphatic heterocycles. The molecule has 3 rings (SSSR count). The number of sulfonamides is 1. The number of thiophene rings is 1. The third-order valence-electron chi connectivity index (χ3n) is 5.98. The van der Waals surface area contributed by atoms with Gasteiger partial charge in [0.15, 0.2) is 6.54 Å². The summed E-state index contributed by atoms with van der Waals surface area (Å²) >= 11 is 1.25. The van der Waals surface area contributed by atoms with Crippen molar-refractivity contribution < 1.29 is 18.1 Å². The molecular weight excluding hydrogens is 370 g/mol. The smallest absolute Gasteiger partial charge is 0.275 e. The van der Waals surface area contributed by atoms with Gasteiger partial charge in [0.1, 0.15) is 4.21 Å². The molecule has 1 aromatic rings. The number of amides is 1. The Morgan fingerprint density at radius 2 is 2.04 bits per heavy atom. The molecule has 1 saturated heterocycles. The number of rotatable bonds is 5. The zero-order valence-corrected chi connectivity index (χ0v) is 17.2. The number of piperazine rings is 1. The van der Waals surface area contributed by atoms with Gasteiger partial charge in [0.2, 0.25) is 0 Å². The summed E-state index contributed by atoms with van der Waals surface area (Å²) in [7, 11) is -3.37. The van der Waals surface area contributed by atoms with Crippen molar-refractivity contribution in [2.45, 2.75) is 43.4 Å². The Balaban J connectivity index is 1.47. The molecule has 0 bridgehead atoms. The highest BCUT2D eigenvalue weighted by atomic mass is 32.2. The normalized spacial score (nSPS) is 28.8. The summed E-state index contributed by atoms with van der Waals surface area (Å²) in [5.74, 6) is 1.28. The van der Waals surface area contributed by atoms with E-state index in [4.69, 9.17) is 0 Å². The van der Waals surface area contributed by atoms with E-state index in [9.17, 15) is 13.2 Å². The van der Waals surface area contributed by atoms with Gasteiger partial charge in [-0.2, -0.15) is 4.31 Å². The second-order valence-electron chi connectivity index (χ2n) is 7.70. The van der Waals surface area contributed by atoms with Crippen LogP contribution in [-0.4, -0.2) is 57.4 Å².